The zero-order valence-electron chi connectivity index (χ0n) is 13.0. The number of rotatable bonds is 9. The van der Waals surface area contributed by atoms with Crippen LogP contribution >= 0.6 is 0 Å². The van der Waals surface area contributed by atoms with E-state index in [1.807, 2.05) is 12.1 Å². The SMILES string of the molecule is C#CC(CCC)NCc1ccc(OCCC(C)C)cc1. The second kappa shape index (κ2) is 9.44. The van der Waals surface area contributed by atoms with Crippen LogP contribution in [0.25, 0.3) is 0 Å². The van der Waals surface area contributed by atoms with Crippen LogP contribution in [0.4, 0.5) is 0 Å². The summed E-state index contributed by atoms with van der Waals surface area (Å²) in [6.45, 7) is 8.15. The van der Waals surface area contributed by atoms with E-state index in [1.54, 1.807) is 0 Å². The van der Waals surface area contributed by atoms with Crippen molar-refractivity contribution in [3.05, 3.63) is 29.8 Å². The topological polar surface area (TPSA) is 21.3 Å². The first-order valence-electron chi connectivity index (χ1n) is 7.57. The van der Waals surface area contributed by atoms with E-state index in [1.165, 1.54) is 5.56 Å². The molecule has 0 saturated heterocycles. The highest BCUT2D eigenvalue weighted by Crippen LogP contribution is 2.13. The molecule has 2 nitrogen and oxygen atoms in total. The molecule has 0 fully saturated rings. The van der Waals surface area contributed by atoms with Gasteiger partial charge in [-0.1, -0.05) is 45.2 Å². The fourth-order valence-electron chi connectivity index (χ4n) is 1.89. The average molecular weight is 273 g/mol. The molecule has 1 atom stereocenters. The van der Waals surface area contributed by atoms with Crippen molar-refractivity contribution in [3.8, 4) is 18.1 Å². The largest absolute Gasteiger partial charge is 0.494 e. The lowest BCUT2D eigenvalue weighted by Gasteiger charge is -2.12. The Morgan fingerprint density at radius 3 is 2.45 bits per heavy atom. The quantitative estimate of drug-likeness (QED) is 0.687. The summed E-state index contributed by atoms with van der Waals surface area (Å²) in [6, 6.07) is 8.42. The number of terminal acetylenes is 1. The number of ether oxygens (including phenoxy) is 1. The maximum absolute atomic E-state index is 5.70. The fraction of sp³-hybridized carbons (Fsp3) is 0.556. The van der Waals surface area contributed by atoms with Crippen LogP contribution in [0.3, 0.4) is 0 Å². The molecule has 0 aromatic heterocycles. The molecular formula is C18H27NO. The van der Waals surface area contributed by atoms with Gasteiger partial charge in [0.15, 0.2) is 0 Å². The molecule has 2 heteroatoms. The van der Waals surface area contributed by atoms with Crippen molar-refractivity contribution in [2.45, 2.75) is 52.6 Å². The van der Waals surface area contributed by atoms with Crippen LogP contribution in [0.15, 0.2) is 24.3 Å². The molecular weight excluding hydrogens is 246 g/mol. The third kappa shape index (κ3) is 6.63. The van der Waals surface area contributed by atoms with Gasteiger partial charge in [-0.25, -0.2) is 0 Å². The summed E-state index contributed by atoms with van der Waals surface area (Å²) in [5.41, 5.74) is 1.23. The smallest absolute Gasteiger partial charge is 0.119 e. The molecule has 0 aliphatic rings. The summed E-state index contributed by atoms with van der Waals surface area (Å²) in [6.07, 6.45) is 8.70. The van der Waals surface area contributed by atoms with Gasteiger partial charge >= 0.3 is 0 Å². The molecule has 1 unspecified atom stereocenters. The lowest BCUT2D eigenvalue weighted by atomic mass is 10.1. The Labute approximate surface area is 123 Å². The third-order valence-corrected chi connectivity index (χ3v) is 3.22. The molecule has 0 spiro atoms. The Kier molecular flexibility index (Phi) is 7.84. The maximum Gasteiger partial charge on any atom is 0.119 e. The lowest BCUT2D eigenvalue weighted by Crippen LogP contribution is -2.26. The van der Waals surface area contributed by atoms with Crippen molar-refractivity contribution in [1.29, 1.82) is 0 Å². The van der Waals surface area contributed by atoms with Crippen molar-refractivity contribution in [3.63, 3.8) is 0 Å². The zero-order chi connectivity index (χ0) is 14.8. The van der Waals surface area contributed by atoms with E-state index < -0.39 is 0 Å². The van der Waals surface area contributed by atoms with Gasteiger partial charge in [0.2, 0.25) is 0 Å². The monoisotopic (exact) mass is 273 g/mol. The molecule has 0 bridgehead atoms. The van der Waals surface area contributed by atoms with Gasteiger partial charge in [0, 0.05) is 6.54 Å². The van der Waals surface area contributed by atoms with Gasteiger partial charge in [-0.15, -0.1) is 6.42 Å². The minimum Gasteiger partial charge on any atom is -0.494 e. The standard InChI is InChI=1S/C18H27NO/c1-5-7-17(6-2)19-14-16-8-10-18(11-9-16)20-13-12-15(3)4/h2,8-11,15,17,19H,5,7,12-14H2,1,3-4H3. The van der Waals surface area contributed by atoms with Crippen molar-refractivity contribution >= 4 is 0 Å². The molecule has 1 aromatic carbocycles. The van der Waals surface area contributed by atoms with Crippen molar-refractivity contribution in [1.82, 2.24) is 5.32 Å². The predicted octanol–water partition coefficient (Wildman–Crippen LogP) is 4.00. The summed E-state index contributed by atoms with van der Waals surface area (Å²) in [5.74, 6) is 4.41. The molecule has 0 saturated carbocycles. The Morgan fingerprint density at radius 1 is 1.20 bits per heavy atom. The highest BCUT2D eigenvalue weighted by atomic mass is 16.5. The van der Waals surface area contributed by atoms with Crippen LogP contribution in [0.2, 0.25) is 0 Å². The average Bonchev–Trinajstić information content (AvgIpc) is 2.44. The summed E-state index contributed by atoms with van der Waals surface area (Å²) in [4.78, 5) is 0. The van der Waals surface area contributed by atoms with E-state index in [4.69, 9.17) is 11.2 Å². The molecule has 0 heterocycles. The normalized spacial score (nSPS) is 12.2. The Hall–Kier alpha value is -1.46. The summed E-state index contributed by atoms with van der Waals surface area (Å²) >= 11 is 0. The van der Waals surface area contributed by atoms with Crippen molar-refractivity contribution in [2.24, 2.45) is 5.92 Å². The molecule has 0 aliphatic heterocycles. The Balaban J connectivity index is 2.36. The van der Waals surface area contributed by atoms with Crippen molar-refractivity contribution < 1.29 is 4.74 Å². The lowest BCUT2D eigenvalue weighted by molar-refractivity contribution is 0.289. The van der Waals surface area contributed by atoms with Gasteiger partial charge in [0.1, 0.15) is 5.75 Å². The molecule has 0 aliphatic carbocycles. The minimum absolute atomic E-state index is 0.168. The van der Waals surface area contributed by atoms with E-state index in [9.17, 15) is 0 Å². The number of hydrogen-bond donors (Lipinski definition) is 1. The minimum atomic E-state index is 0.168. The third-order valence-electron chi connectivity index (χ3n) is 3.22. The number of nitrogens with one attached hydrogen (secondary N) is 1. The summed E-state index contributed by atoms with van der Waals surface area (Å²) in [5, 5.41) is 3.39. The van der Waals surface area contributed by atoms with Gasteiger partial charge in [-0.2, -0.15) is 0 Å². The van der Waals surface area contributed by atoms with Gasteiger partial charge < -0.3 is 4.74 Å². The number of hydrogen-bond acceptors (Lipinski definition) is 2. The van der Waals surface area contributed by atoms with E-state index >= 15 is 0 Å². The summed E-state index contributed by atoms with van der Waals surface area (Å²) < 4.78 is 5.70. The van der Waals surface area contributed by atoms with E-state index in [0.717, 1.165) is 38.2 Å². The first kappa shape index (κ1) is 16.6. The first-order chi connectivity index (χ1) is 9.65. The molecule has 1 N–H and O–H groups in total. The van der Waals surface area contributed by atoms with Gasteiger partial charge in [-0.05, 0) is 36.5 Å². The van der Waals surface area contributed by atoms with Crippen LogP contribution in [0.1, 0.15) is 45.6 Å². The molecule has 20 heavy (non-hydrogen) atoms. The fourth-order valence-corrected chi connectivity index (χ4v) is 1.89. The molecule has 1 rings (SSSR count). The number of benzene rings is 1. The maximum atomic E-state index is 5.70. The van der Waals surface area contributed by atoms with E-state index in [0.29, 0.717) is 5.92 Å². The van der Waals surface area contributed by atoms with Gasteiger partial charge in [0.05, 0.1) is 12.6 Å². The van der Waals surface area contributed by atoms with Crippen molar-refractivity contribution in [2.75, 3.05) is 6.61 Å². The second-order valence-corrected chi connectivity index (χ2v) is 5.56. The summed E-state index contributed by atoms with van der Waals surface area (Å²) in [7, 11) is 0. The van der Waals surface area contributed by atoms with Crippen LogP contribution in [0.5, 0.6) is 5.75 Å². The molecule has 110 valence electrons. The highest BCUT2D eigenvalue weighted by molar-refractivity contribution is 5.27. The molecule has 0 amide bonds. The zero-order valence-corrected chi connectivity index (χ0v) is 13.0. The van der Waals surface area contributed by atoms with Crippen LogP contribution in [-0.4, -0.2) is 12.6 Å². The Morgan fingerprint density at radius 2 is 1.90 bits per heavy atom. The van der Waals surface area contributed by atoms with Crippen LogP contribution in [-0.2, 0) is 6.54 Å². The molecule has 1 aromatic rings. The van der Waals surface area contributed by atoms with Gasteiger partial charge in [0.25, 0.3) is 0 Å². The first-order valence-corrected chi connectivity index (χ1v) is 7.57. The van der Waals surface area contributed by atoms with Crippen LogP contribution < -0.4 is 10.1 Å². The van der Waals surface area contributed by atoms with E-state index in [-0.39, 0.29) is 6.04 Å². The second-order valence-electron chi connectivity index (χ2n) is 5.56. The van der Waals surface area contributed by atoms with Gasteiger partial charge in [-0.3, -0.25) is 5.32 Å². The van der Waals surface area contributed by atoms with Crippen LogP contribution in [0, 0.1) is 18.3 Å². The molecule has 0 radical (unpaired) electrons. The predicted molar refractivity (Wildman–Crippen MR) is 85.8 cm³/mol. The Bertz CT molecular complexity index is 402. The van der Waals surface area contributed by atoms with E-state index in [2.05, 4.69) is 44.1 Å². The highest BCUT2D eigenvalue weighted by Gasteiger charge is 2.03.